The third-order valence-corrected chi connectivity index (χ3v) is 6.20. The summed E-state index contributed by atoms with van der Waals surface area (Å²) in [6.07, 6.45) is -0.581. The van der Waals surface area contributed by atoms with E-state index in [9.17, 15) is 9.90 Å². The molecule has 27 heavy (non-hydrogen) atoms. The number of rotatable bonds is 1. The largest absolute Gasteiger partial charge is 0.377 e. The number of hydrogen-bond donors (Lipinski definition) is 1. The molecule has 0 bridgehead atoms. The van der Waals surface area contributed by atoms with Crippen LogP contribution < -0.4 is 0 Å². The summed E-state index contributed by atoms with van der Waals surface area (Å²) in [5.41, 5.74) is 0.239. The normalized spacial score (nSPS) is 29.9. The van der Waals surface area contributed by atoms with E-state index in [0.29, 0.717) is 11.1 Å². The lowest BCUT2D eigenvalue weighted by Crippen LogP contribution is -2.52. The summed E-state index contributed by atoms with van der Waals surface area (Å²) < 4.78 is 6.12. The van der Waals surface area contributed by atoms with Crippen LogP contribution in [0.1, 0.15) is 68.6 Å². The maximum Gasteiger partial charge on any atom is 0.198 e. The van der Waals surface area contributed by atoms with Gasteiger partial charge in [0.25, 0.3) is 0 Å². The first-order valence-electron chi connectivity index (χ1n) is 9.59. The average Bonchev–Trinajstić information content (AvgIpc) is 3.37. The van der Waals surface area contributed by atoms with Crippen molar-refractivity contribution in [3.05, 3.63) is 70.8 Å². The standard InChI is InChI=1S/C24H28O3/c1-21(2,3)16-12-13-17-18(14-16)23(26,15-10-8-7-9-11-15)20-24(27-20,19(17)25)22(4,5)6/h7-14,20,26H,1-6H3/t20-,23-,24-/m1/s1. The molecular formula is C24H28O3. The Labute approximate surface area is 161 Å². The Morgan fingerprint density at radius 2 is 1.59 bits per heavy atom. The van der Waals surface area contributed by atoms with E-state index in [1.807, 2.05) is 69.3 Å². The van der Waals surface area contributed by atoms with Crippen molar-refractivity contribution in [1.29, 1.82) is 0 Å². The van der Waals surface area contributed by atoms with Gasteiger partial charge in [-0.15, -0.1) is 0 Å². The molecule has 1 fully saturated rings. The fraction of sp³-hybridized carbons (Fsp3) is 0.458. The number of epoxide rings is 1. The number of Topliss-reactive ketones (excluding diaryl/α,β-unsaturated/α-hetero) is 1. The Hall–Kier alpha value is -1.97. The number of ether oxygens (including phenoxy) is 1. The highest BCUT2D eigenvalue weighted by Gasteiger charge is 2.78. The fourth-order valence-corrected chi connectivity index (χ4v) is 4.48. The molecule has 0 amide bonds. The molecule has 3 heteroatoms. The molecule has 4 rings (SSSR count). The van der Waals surface area contributed by atoms with Gasteiger partial charge in [-0.1, -0.05) is 90.1 Å². The predicted octanol–water partition coefficient (Wildman–Crippen LogP) is 4.60. The van der Waals surface area contributed by atoms with Gasteiger partial charge in [0.2, 0.25) is 0 Å². The van der Waals surface area contributed by atoms with E-state index in [-0.39, 0.29) is 11.2 Å². The lowest BCUT2D eigenvalue weighted by Gasteiger charge is -2.39. The highest BCUT2D eigenvalue weighted by molar-refractivity contribution is 6.09. The maximum absolute atomic E-state index is 13.5. The van der Waals surface area contributed by atoms with Crippen molar-refractivity contribution in [3.63, 3.8) is 0 Å². The van der Waals surface area contributed by atoms with Gasteiger partial charge in [0, 0.05) is 16.5 Å². The molecule has 2 aliphatic rings. The predicted molar refractivity (Wildman–Crippen MR) is 106 cm³/mol. The van der Waals surface area contributed by atoms with Crippen molar-refractivity contribution in [2.45, 2.75) is 64.3 Å². The minimum absolute atomic E-state index is 0.0175. The zero-order valence-electron chi connectivity index (χ0n) is 17.0. The van der Waals surface area contributed by atoms with Crippen LogP contribution in [0, 0.1) is 5.41 Å². The van der Waals surface area contributed by atoms with Crippen LogP contribution in [0.5, 0.6) is 0 Å². The molecule has 1 aliphatic heterocycles. The third-order valence-electron chi connectivity index (χ3n) is 6.20. The van der Waals surface area contributed by atoms with Crippen LogP contribution in [0.4, 0.5) is 0 Å². The molecular weight excluding hydrogens is 336 g/mol. The monoisotopic (exact) mass is 364 g/mol. The number of carbonyl (C=O) groups is 1. The summed E-state index contributed by atoms with van der Waals surface area (Å²) in [5.74, 6) is -0.0175. The lowest BCUT2D eigenvalue weighted by molar-refractivity contribution is 0.0428. The Bertz CT molecular complexity index is 917. The molecule has 0 radical (unpaired) electrons. The van der Waals surface area contributed by atoms with Crippen LogP contribution in [-0.4, -0.2) is 22.6 Å². The van der Waals surface area contributed by atoms with Gasteiger partial charge in [-0.2, -0.15) is 0 Å². The Balaban J connectivity index is 2.02. The second-order valence-corrected chi connectivity index (χ2v) is 9.96. The van der Waals surface area contributed by atoms with Crippen molar-refractivity contribution in [2.75, 3.05) is 0 Å². The minimum atomic E-state index is -1.35. The second kappa shape index (κ2) is 5.30. The molecule has 3 nitrogen and oxygen atoms in total. The summed E-state index contributed by atoms with van der Waals surface area (Å²) in [4.78, 5) is 13.5. The highest BCUT2D eigenvalue weighted by Crippen LogP contribution is 2.63. The quantitative estimate of drug-likeness (QED) is 0.753. The Kier molecular flexibility index (Phi) is 3.61. The van der Waals surface area contributed by atoms with Crippen molar-refractivity contribution in [1.82, 2.24) is 0 Å². The first kappa shape index (κ1) is 18.4. The van der Waals surface area contributed by atoms with E-state index in [4.69, 9.17) is 4.74 Å². The van der Waals surface area contributed by atoms with Crippen LogP contribution in [0.3, 0.4) is 0 Å². The van der Waals surface area contributed by atoms with Crippen molar-refractivity contribution in [2.24, 2.45) is 5.41 Å². The van der Waals surface area contributed by atoms with Crippen LogP contribution in [0.25, 0.3) is 0 Å². The van der Waals surface area contributed by atoms with Crippen LogP contribution >= 0.6 is 0 Å². The van der Waals surface area contributed by atoms with Crippen LogP contribution in [0.2, 0.25) is 0 Å². The summed E-state index contributed by atoms with van der Waals surface area (Å²) in [6, 6.07) is 15.5. The van der Waals surface area contributed by atoms with Gasteiger partial charge in [-0.3, -0.25) is 4.79 Å². The molecule has 1 aliphatic carbocycles. The van der Waals surface area contributed by atoms with Gasteiger partial charge in [0.15, 0.2) is 11.4 Å². The van der Waals surface area contributed by atoms with E-state index in [1.54, 1.807) is 0 Å². The highest BCUT2D eigenvalue weighted by atomic mass is 16.6. The Morgan fingerprint density at radius 1 is 0.963 bits per heavy atom. The van der Waals surface area contributed by atoms with Crippen LogP contribution in [-0.2, 0) is 15.8 Å². The maximum atomic E-state index is 13.5. The molecule has 0 spiro atoms. The topological polar surface area (TPSA) is 49.8 Å². The van der Waals surface area contributed by atoms with Crippen molar-refractivity contribution in [3.8, 4) is 0 Å². The van der Waals surface area contributed by atoms with Gasteiger partial charge in [0.05, 0.1) is 0 Å². The molecule has 1 heterocycles. The molecule has 0 unspecified atom stereocenters. The zero-order valence-corrected chi connectivity index (χ0v) is 17.0. The van der Waals surface area contributed by atoms with Gasteiger partial charge in [0.1, 0.15) is 11.7 Å². The van der Waals surface area contributed by atoms with Gasteiger partial charge < -0.3 is 9.84 Å². The third kappa shape index (κ3) is 2.31. The molecule has 2 aromatic carbocycles. The van der Waals surface area contributed by atoms with E-state index in [1.165, 1.54) is 0 Å². The van der Waals surface area contributed by atoms with Gasteiger partial charge in [-0.05, 0) is 16.5 Å². The van der Waals surface area contributed by atoms with E-state index in [0.717, 1.165) is 11.1 Å². The summed E-state index contributed by atoms with van der Waals surface area (Å²) in [6.45, 7) is 12.4. The SMILES string of the molecule is CC(C)(C)c1ccc2c(c1)[C@](O)(c1ccccc1)[C@H]1O[C@]1(C(C)(C)C)C2=O. The van der Waals surface area contributed by atoms with Crippen LogP contribution in [0.15, 0.2) is 48.5 Å². The molecule has 0 saturated carbocycles. The first-order valence-corrected chi connectivity index (χ1v) is 9.59. The van der Waals surface area contributed by atoms with E-state index < -0.39 is 22.7 Å². The smallest absolute Gasteiger partial charge is 0.198 e. The summed E-state index contributed by atoms with van der Waals surface area (Å²) >= 11 is 0. The van der Waals surface area contributed by atoms with Crippen molar-refractivity contribution < 1.29 is 14.6 Å². The summed E-state index contributed by atoms with van der Waals surface area (Å²) in [5, 5.41) is 12.1. The molecule has 1 N–H and O–H groups in total. The first-order chi connectivity index (χ1) is 12.4. The van der Waals surface area contributed by atoms with Gasteiger partial charge in [-0.25, -0.2) is 0 Å². The minimum Gasteiger partial charge on any atom is -0.377 e. The fourth-order valence-electron chi connectivity index (χ4n) is 4.48. The zero-order chi connectivity index (χ0) is 19.8. The Morgan fingerprint density at radius 3 is 2.15 bits per heavy atom. The molecule has 1 saturated heterocycles. The second-order valence-electron chi connectivity index (χ2n) is 9.96. The number of fused-ring (bicyclic) bond motifs is 2. The van der Waals surface area contributed by atoms with Gasteiger partial charge >= 0.3 is 0 Å². The van der Waals surface area contributed by atoms with E-state index in [2.05, 4.69) is 20.8 Å². The molecule has 2 aromatic rings. The molecule has 142 valence electrons. The molecule has 3 atom stereocenters. The number of ketones is 1. The lowest BCUT2D eigenvalue weighted by atomic mass is 9.62. The summed E-state index contributed by atoms with van der Waals surface area (Å²) in [7, 11) is 0. The average molecular weight is 364 g/mol. The van der Waals surface area contributed by atoms with E-state index >= 15 is 0 Å². The number of aliphatic hydroxyl groups is 1. The molecule has 0 aromatic heterocycles. The number of benzene rings is 2. The number of carbonyl (C=O) groups excluding carboxylic acids is 1. The van der Waals surface area contributed by atoms with Crippen molar-refractivity contribution >= 4 is 5.78 Å². The number of hydrogen-bond acceptors (Lipinski definition) is 3.